The van der Waals surface area contributed by atoms with Crippen molar-refractivity contribution >= 4 is 90.4 Å². The molecule has 2 fully saturated rings. The van der Waals surface area contributed by atoms with E-state index in [1.165, 1.54) is 36.4 Å². The number of amides is 6. The molecule has 4 aromatic carbocycles. The van der Waals surface area contributed by atoms with Gasteiger partial charge >= 0.3 is 24.0 Å². The zero-order chi connectivity index (χ0) is 62.2. The van der Waals surface area contributed by atoms with Gasteiger partial charge < -0.3 is 55.5 Å². The summed E-state index contributed by atoms with van der Waals surface area (Å²) in [5.41, 5.74) is 4.66. The minimum absolute atomic E-state index is 0. The molecule has 1 aromatic heterocycles. The molecule has 2 saturated heterocycles. The van der Waals surface area contributed by atoms with Crippen LogP contribution in [0.2, 0.25) is 0 Å². The summed E-state index contributed by atoms with van der Waals surface area (Å²) >= 11 is 0. The van der Waals surface area contributed by atoms with Gasteiger partial charge in [0, 0.05) is 43.0 Å². The minimum Gasteiger partial charge on any atom is -0.495 e. The highest BCUT2D eigenvalue weighted by molar-refractivity contribution is 7.94. The molecule has 0 bridgehead atoms. The first-order valence-corrected chi connectivity index (χ1v) is 31.0. The van der Waals surface area contributed by atoms with Gasteiger partial charge in [0.25, 0.3) is 0 Å². The SMILES string of the molecule is C.COc1cc(CC(=O)N2CCCC2C2=NCC(CC(NS(=O)(=O)c3ccccc3)(C(=O)O)S(=O)(=O)NC(CC3CN=C(C4C(C)CCN4C(=O)Cc4ccc(NC(=O)Nc5ccccc5C)cn4)O3)C(=O)O)O2)ccc1NC(=O)Nc1ccccc1C. The van der Waals surface area contributed by atoms with Crippen LogP contribution in [0, 0.1) is 19.8 Å². The molecule has 7 atom stereocenters. The molecule has 0 radical (unpaired) electrons. The van der Waals surface area contributed by atoms with Gasteiger partial charge in [-0.3, -0.25) is 19.4 Å². The third-order valence-electron chi connectivity index (χ3n) is 15.4. The Kier molecular flexibility index (Phi) is 20.5. The van der Waals surface area contributed by atoms with Gasteiger partial charge in [-0.1, -0.05) is 75.0 Å². The molecule has 468 valence electrons. The van der Waals surface area contributed by atoms with E-state index in [0.717, 1.165) is 23.3 Å². The number of hydrogen-bond donors (Lipinski definition) is 8. The molecule has 88 heavy (non-hydrogen) atoms. The standard InChI is InChI=1S/C59H67N11O15S2.CH4/c1-35-13-8-10-17-44(35)64-57(77)63-40-22-21-39(60-32-40)29-51(72)70-26-24-37(3)52(70)54-62-33-41(84-54)30-47(55(73)74)67-87(81,82)59(56(75)76,68-86(79,80)43-15-6-5-7-16-43)31-42-34-61-53(85-42)48-19-12-25-69(48)50(71)28-38-20-23-46(49(27-38)83-4)66-58(78)65-45-18-11-9-14-36(45)2;/h5-11,13-18,20-23,27,32,37,41-42,47-48,52,67-68H,12,19,24-26,28-31,33-34H2,1-4H3,(H,73,74)(H,75,76)(H2,63,64,77)(H2,65,66,78);1H4. The van der Waals surface area contributed by atoms with Gasteiger partial charge in [-0.2, -0.15) is 9.44 Å². The van der Waals surface area contributed by atoms with E-state index >= 15 is 0 Å². The molecule has 0 saturated carbocycles. The number of aromatic nitrogens is 1. The summed E-state index contributed by atoms with van der Waals surface area (Å²) in [4.78, 5) is 92.6. The van der Waals surface area contributed by atoms with Crippen LogP contribution in [0.1, 0.15) is 68.8 Å². The molecule has 5 aromatic rings. The number of carboxylic acid groups (broad SMARTS) is 2. The number of para-hydroxylation sites is 2. The van der Waals surface area contributed by atoms with Gasteiger partial charge in [0.15, 0.2) is 0 Å². The van der Waals surface area contributed by atoms with E-state index in [2.05, 4.69) is 36.2 Å². The Balaban J connectivity index is 0.0000100. The second kappa shape index (κ2) is 27.8. The summed E-state index contributed by atoms with van der Waals surface area (Å²) in [5, 5.41) is 32.6. The van der Waals surface area contributed by atoms with Crippen LogP contribution in [0.5, 0.6) is 5.75 Å². The lowest BCUT2D eigenvalue weighted by molar-refractivity contribution is -0.142. The van der Waals surface area contributed by atoms with Crippen molar-refractivity contribution < 1.29 is 70.0 Å². The predicted molar refractivity (Wildman–Crippen MR) is 327 cm³/mol. The van der Waals surface area contributed by atoms with E-state index in [1.807, 2.05) is 54.5 Å². The Labute approximate surface area is 509 Å². The number of aliphatic carboxylic acids is 2. The van der Waals surface area contributed by atoms with Gasteiger partial charge in [0.2, 0.25) is 48.5 Å². The fraction of sp³-hybridized carbons (Fsp3) is 0.383. The van der Waals surface area contributed by atoms with Crippen LogP contribution < -0.4 is 35.4 Å². The Morgan fingerprint density at radius 2 is 1.33 bits per heavy atom. The molecule has 0 spiro atoms. The highest BCUT2D eigenvalue weighted by Crippen LogP contribution is 2.34. The van der Waals surface area contributed by atoms with E-state index in [1.54, 1.807) is 59.5 Å². The number of carbonyl (C=O) groups excluding carboxylic acids is 4. The third kappa shape index (κ3) is 15.0. The molecular formula is C60H71N11O15S2. The number of nitrogens with one attached hydrogen (secondary N) is 6. The van der Waals surface area contributed by atoms with Gasteiger partial charge in [0.05, 0.1) is 55.5 Å². The van der Waals surface area contributed by atoms with Gasteiger partial charge in [-0.05, 0) is 104 Å². The predicted octanol–water partition coefficient (Wildman–Crippen LogP) is 6.15. The molecule has 26 nitrogen and oxygen atoms in total. The molecular weight excluding hydrogens is 1180 g/mol. The molecule has 4 aliphatic heterocycles. The number of anilines is 4. The molecule has 6 amide bonds. The van der Waals surface area contributed by atoms with Crippen molar-refractivity contribution in [1.29, 1.82) is 0 Å². The number of rotatable bonds is 23. The normalized spacial score (nSPS) is 20.0. The Morgan fingerprint density at radius 1 is 0.716 bits per heavy atom. The number of aliphatic imine (C=N–C) groups is 2. The van der Waals surface area contributed by atoms with Gasteiger partial charge in [-0.15, -0.1) is 0 Å². The number of nitrogens with zero attached hydrogens (tertiary/aromatic N) is 5. The summed E-state index contributed by atoms with van der Waals surface area (Å²) in [6.45, 7) is 5.65. The van der Waals surface area contributed by atoms with Gasteiger partial charge in [0.1, 0.15) is 36.1 Å². The lowest BCUT2D eigenvalue weighted by atomic mass is 10.0. The minimum atomic E-state index is -5.66. The monoisotopic (exact) mass is 1250 g/mol. The number of urea groups is 2. The highest BCUT2D eigenvalue weighted by Gasteiger charge is 2.58. The van der Waals surface area contributed by atoms with E-state index in [0.29, 0.717) is 59.8 Å². The number of likely N-dealkylation sites (tertiary alicyclic amines) is 2. The van der Waals surface area contributed by atoms with E-state index in [4.69, 9.17) is 14.2 Å². The van der Waals surface area contributed by atoms with Crippen LogP contribution in [0.3, 0.4) is 0 Å². The average Bonchev–Trinajstić information content (AvgIpc) is 2.92. The van der Waals surface area contributed by atoms with Crippen molar-refractivity contribution in [2.75, 3.05) is 54.6 Å². The molecule has 5 heterocycles. The number of hydrogen-bond acceptors (Lipinski definition) is 16. The largest absolute Gasteiger partial charge is 0.495 e. The number of benzene rings is 4. The zero-order valence-corrected chi connectivity index (χ0v) is 49.6. The lowest BCUT2D eigenvalue weighted by Gasteiger charge is -2.33. The number of methoxy groups -OCH3 is 1. The summed E-state index contributed by atoms with van der Waals surface area (Å²) in [6.07, 6.45) is -1.70. The molecule has 0 aliphatic carbocycles. The molecule has 7 unspecified atom stereocenters. The number of ether oxygens (including phenoxy) is 3. The van der Waals surface area contributed by atoms with Gasteiger partial charge in [-0.25, -0.2) is 41.2 Å². The number of aryl methyl sites for hydroxylation is 2. The van der Waals surface area contributed by atoms with Crippen LogP contribution in [-0.4, -0.2) is 158 Å². The Hall–Kier alpha value is -8.99. The van der Waals surface area contributed by atoms with E-state index in [-0.39, 0.29) is 75.2 Å². The quantitative estimate of drug-likeness (QED) is 0.0363. The zero-order valence-electron chi connectivity index (χ0n) is 48.0. The summed E-state index contributed by atoms with van der Waals surface area (Å²) in [5.74, 6) is -4.46. The maximum absolute atomic E-state index is 14.9. The third-order valence-corrected chi connectivity index (χ3v) is 19.0. The molecule has 8 N–H and O–H groups in total. The van der Waals surface area contributed by atoms with Crippen molar-refractivity contribution in [3.8, 4) is 5.75 Å². The topological polar surface area (TPSA) is 355 Å². The highest BCUT2D eigenvalue weighted by atomic mass is 32.2. The maximum atomic E-state index is 14.9. The van der Waals surface area contributed by atoms with Crippen molar-refractivity contribution in [3.63, 3.8) is 0 Å². The summed E-state index contributed by atoms with van der Waals surface area (Å²) in [6, 6.07) is 24.4. The number of pyridine rings is 1. The molecule has 28 heteroatoms. The first-order chi connectivity index (χ1) is 41.5. The number of carbonyl (C=O) groups is 6. The second-order valence-corrected chi connectivity index (χ2v) is 25.2. The first-order valence-electron chi connectivity index (χ1n) is 28.0. The van der Waals surface area contributed by atoms with E-state index < -0.39 is 97.0 Å². The van der Waals surface area contributed by atoms with E-state index in [9.17, 15) is 55.8 Å². The van der Waals surface area contributed by atoms with Crippen LogP contribution in [-0.2, 0) is 61.5 Å². The number of sulfonamides is 2. The fourth-order valence-corrected chi connectivity index (χ4v) is 14.3. The van der Waals surface area contributed by atoms with Crippen LogP contribution in [0.4, 0.5) is 32.3 Å². The summed E-state index contributed by atoms with van der Waals surface area (Å²) < 4.78 is 79.6. The smallest absolute Gasteiger partial charge is 0.342 e. The molecule has 9 rings (SSSR count). The molecule has 4 aliphatic rings. The van der Waals surface area contributed by atoms with Crippen molar-refractivity contribution in [1.82, 2.24) is 24.2 Å². The average molecular weight is 1250 g/mol. The maximum Gasteiger partial charge on any atom is 0.342 e. The van der Waals surface area contributed by atoms with Crippen molar-refractivity contribution in [2.45, 2.75) is 113 Å². The number of carboxylic acids is 2. The fourth-order valence-electron chi connectivity index (χ4n) is 10.8. The lowest BCUT2D eigenvalue weighted by Crippen LogP contribution is -2.66. The van der Waals surface area contributed by atoms with Crippen LogP contribution in [0.25, 0.3) is 0 Å². The summed E-state index contributed by atoms with van der Waals surface area (Å²) in [7, 11) is -9.27. The van der Waals surface area contributed by atoms with Crippen LogP contribution in [0.15, 0.2) is 130 Å². The van der Waals surface area contributed by atoms with Crippen molar-refractivity contribution in [3.05, 3.63) is 138 Å². The van der Waals surface area contributed by atoms with Crippen molar-refractivity contribution in [2.24, 2.45) is 15.9 Å². The van der Waals surface area contributed by atoms with Crippen LogP contribution >= 0.6 is 0 Å². The Bertz CT molecular complexity index is 3720. The second-order valence-electron chi connectivity index (χ2n) is 21.6. The first kappa shape index (κ1) is 65.0. The Morgan fingerprint density at radius 3 is 1.97 bits per heavy atom.